The number of amides is 1. The van der Waals surface area contributed by atoms with Gasteiger partial charge in [0.25, 0.3) is 0 Å². The Labute approximate surface area is 110 Å². The van der Waals surface area contributed by atoms with Crippen LogP contribution >= 0.6 is 23.2 Å². The summed E-state index contributed by atoms with van der Waals surface area (Å²) in [6.45, 7) is 1.42. The SMILES string of the molecule is O=C1CCC(CNCc2cc(Cl)ccc2Cl)N1. The highest BCUT2D eigenvalue weighted by atomic mass is 35.5. The van der Waals surface area contributed by atoms with Crippen LogP contribution in [0.15, 0.2) is 18.2 Å². The summed E-state index contributed by atoms with van der Waals surface area (Å²) in [7, 11) is 0. The number of nitrogens with one attached hydrogen (secondary N) is 2. The number of carbonyl (C=O) groups excluding carboxylic acids is 1. The predicted molar refractivity (Wildman–Crippen MR) is 69.3 cm³/mol. The van der Waals surface area contributed by atoms with Crippen LogP contribution in [0.3, 0.4) is 0 Å². The summed E-state index contributed by atoms with van der Waals surface area (Å²) in [6, 6.07) is 5.65. The second-order valence-corrected chi connectivity index (χ2v) is 5.01. The van der Waals surface area contributed by atoms with E-state index in [1.165, 1.54) is 0 Å². The molecule has 1 aromatic carbocycles. The lowest BCUT2D eigenvalue weighted by atomic mass is 10.2. The molecule has 1 fully saturated rings. The molecular formula is C12H14Cl2N2O. The van der Waals surface area contributed by atoms with Crippen molar-refractivity contribution in [3.8, 4) is 0 Å². The lowest BCUT2D eigenvalue weighted by molar-refractivity contribution is -0.119. The minimum absolute atomic E-state index is 0.137. The lowest BCUT2D eigenvalue weighted by Crippen LogP contribution is -2.35. The van der Waals surface area contributed by atoms with Crippen molar-refractivity contribution in [2.45, 2.75) is 25.4 Å². The molecule has 1 amide bonds. The summed E-state index contributed by atoms with van der Waals surface area (Å²) in [6.07, 6.45) is 1.53. The van der Waals surface area contributed by atoms with Crippen molar-refractivity contribution in [2.24, 2.45) is 0 Å². The average molecular weight is 273 g/mol. The molecule has 92 valence electrons. The minimum Gasteiger partial charge on any atom is -0.352 e. The standard InChI is InChI=1S/C12H14Cl2N2O/c13-9-1-3-11(14)8(5-9)6-15-7-10-2-4-12(17)16-10/h1,3,5,10,15H,2,4,6-7H2,(H,16,17). The van der Waals surface area contributed by atoms with Gasteiger partial charge in [0.1, 0.15) is 0 Å². The molecule has 0 aromatic heterocycles. The summed E-state index contributed by atoms with van der Waals surface area (Å²) < 4.78 is 0. The molecule has 0 spiro atoms. The van der Waals surface area contributed by atoms with E-state index in [0.717, 1.165) is 18.5 Å². The van der Waals surface area contributed by atoms with Gasteiger partial charge in [-0.3, -0.25) is 4.79 Å². The van der Waals surface area contributed by atoms with Crippen LogP contribution in [0.5, 0.6) is 0 Å². The normalized spacial score (nSPS) is 19.4. The van der Waals surface area contributed by atoms with Gasteiger partial charge in [0, 0.05) is 35.6 Å². The van der Waals surface area contributed by atoms with Gasteiger partial charge >= 0.3 is 0 Å². The molecule has 1 heterocycles. The zero-order valence-corrected chi connectivity index (χ0v) is 10.8. The quantitative estimate of drug-likeness (QED) is 0.884. The molecule has 0 saturated carbocycles. The van der Waals surface area contributed by atoms with Crippen LogP contribution in [0.2, 0.25) is 10.0 Å². The largest absolute Gasteiger partial charge is 0.352 e. The molecule has 3 nitrogen and oxygen atoms in total. The molecule has 2 rings (SSSR count). The molecule has 1 aliphatic rings. The van der Waals surface area contributed by atoms with Crippen LogP contribution in [0, 0.1) is 0 Å². The highest BCUT2D eigenvalue weighted by molar-refractivity contribution is 6.33. The molecule has 17 heavy (non-hydrogen) atoms. The van der Waals surface area contributed by atoms with Gasteiger partial charge < -0.3 is 10.6 Å². The van der Waals surface area contributed by atoms with Gasteiger partial charge in [0.15, 0.2) is 0 Å². The summed E-state index contributed by atoms with van der Waals surface area (Å²) in [4.78, 5) is 11.0. The van der Waals surface area contributed by atoms with E-state index in [-0.39, 0.29) is 11.9 Å². The minimum atomic E-state index is 0.137. The number of hydrogen-bond donors (Lipinski definition) is 2. The van der Waals surface area contributed by atoms with Crippen molar-refractivity contribution in [2.75, 3.05) is 6.54 Å². The van der Waals surface area contributed by atoms with E-state index in [9.17, 15) is 4.79 Å². The number of halogens is 2. The van der Waals surface area contributed by atoms with Crippen molar-refractivity contribution in [3.63, 3.8) is 0 Å². The highest BCUT2D eigenvalue weighted by Crippen LogP contribution is 2.20. The highest BCUT2D eigenvalue weighted by Gasteiger charge is 2.19. The average Bonchev–Trinajstić information content (AvgIpc) is 2.69. The van der Waals surface area contributed by atoms with E-state index >= 15 is 0 Å². The topological polar surface area (TPSA) is 41.1 Å². The van der Waals surface area contributed by atoms with Gasteiger partial charge in [-0.15, -0.1) is 0 Å². The Morgan fingerprint density at radius 3 is 2.94 bits per heavy atom. The third-order valence-electron chi connectivity index (χ3n) is 2.80. The molecule has 1 saturated heterocycles. The molecule has 1 unspecified atom stereocenters. The molecule has 0 bridgehead atoms. The zero-order chi connectivity index (χ0) is 12.3. The van der Waals surface area contributed by atoms with Gasteiger partial charge in [-0.25, -0.2) is 0 Å². The van der Waals surface area contributed by atoms with Crippen LogP contribution in [0.25, 0.3) is 0 Å². The van der Waals surface area contributed by atoms with E-state index < -0.39 is 0 Å². The van der Waals surface area contributed by atoms with Crippen molar-refractivity contribution in [3.05, 3.63) is 33.8 Å². The molecule has 1 atom stereocenters. The Morgan fingerprint density at radius 2 is 2.24 bits per heavy atom. The van der Waals surface area contributed by atoms with Crippen LogP contribution in [-0.4, -0.2) is 18.5 Å². The van der Waals surface area contributed by atoms with Crippen molar-refractivity contribution >= 4 is 29.1 Å². The van der Waals surface area contributed by atoms with Crippen molar-refractivity contribution in [1.29, 1.82) is 0 Å². The maximum absolute atomic E-state index is 11.0. The lowest BCUT2D eigenvalue weighted by Gasteiger charge is -2.12. The Bertz CT molecular complexity index is 423. The van der Waals surface area contributed by atoms with Crippen LogP contribution in [0.1, 0.15) is 18.4 Å². The second kappa shape index (κ2) is 5.71. The Balaban J connectivity index is 1.81. The fourth-order valence-electron chi connectivity index (χ4n) is 1.89. The Morgan fingerprint density at radius 1 is 1.41 bits per heavy atom. The zero-order valence-electron chi connectivity index (χ0n) is 9.30. The number of rotatable bonds is 4. The first-order chi connectivity index (χ1) is 8.15. The fourth-order valence-corrected chi connectivity index (χ4v) is 2.27. The Kier molecular flexibility index (Phi) is 4.26. The molecule has 0 aliphatic carbocycles. The smallest absolute Gasteiger partial charge is 0.220 e. The molecule has 0 radical (unpaired) electrons. The molecule has 1 aromatic rings. The molecule has 2 N–H and O–H groups in total. The van der Waals surface area contributed by atoms with Crippen LogP contribution < -0.4 is 10.6 Å². The van der Waals surface area contributed by atoms with E-state index in [4.69, 9.17) is 23.2 Å². The van der Waals surface area contributed by atoms with Crippen molar-refractivity contribution in [1.82, 2.24) is 10.6 Å². The van der Waals surface area contributed by atoms with E-state index in [1.807, 2.05) is 6.07 Å². The second-order valence-electron chi connectivity index (χ2n) is 4.17. The van der Waals surface area contributed by atoms with Gasteiger partial charge in [-0.1, -0.05) is 23.2 Å². The first-order valence-corrected chi connectivity index (χ1v) is 6.35. The van der Waals surface area contributed by atoms with Crippen LogP contribution in [-0.2, 0) is 11.3 Å². The van der Waals surface area contributed by atoms with E-state index in [0.29, 0.717) is 23.0 Å². The van der Waals surface area contributed by atoms with Crippen LogP contribution in [0.4, 0.5) is 0 Å². The van der Waals surface area contributed by atoms with Gasteiger partial charge in [0.05, 0.1) is 0 Å². The molecular weight excluding hydrogens is 259 g/mol. The van der Waals surface area contributed by atoms with Gasteiger partial charge in [0.2, 0.25) is 5.91 Å². The number of hydrogen-bond acceptors (Lipinski definition) is 2. The van der Waals surface area contributed by atoms with E-state index in [1.54, 1.807) is 12.1 Å². The van der Waals surface area contributed by atoms with E-state index in [2.05, 4.69) is 10.6 Å². The summed E-state index contributed by atoms with van der Waals surface area (Å²) in [5, 5.41) is 7.57. The van der Waals surface area contributed by atoms with Gasteiger partial charge in [-0.05, 0) is 30.2 Å². The third-order valence-corrected chi connectivity index (χ3v) is 3.40. The molecule has 1 aliphatic heterocycles. The maximum atomic E-state index is 11.0. The Hall–Kier alpha value is -0.770. The van der Waals surface area contributed by atoms with Gasteiger partial charge in [-0.2, -0.15) is 0 Å². The fraction of sp³-hybridized carbons (Fsp3) is 0.417. The summed E-state index contributed by atoms with van der Waals surface area (Å²) in [5.74, 6) is 0.137. The third kappa shape index (κ3) is 3.60. The number of carbonyl (C=O) groups is 1. The monoisotopic (exact) mass is 272 g/mol. The molecule has 5 heteroatoms. The first kappa shape index (κ1) is 12.7. The first-order valence-electron chi connectivity index (χ1n) is 5.59. The van der Waals surface area contributed by atoms with Crippen molar-refractivity contribution < 1.29 is 4.79 Å². The maximum Gasteiger partial charge on any atom is 0.220 e. The number of benzene rings is 1. The summed E-state index contributed by atoms with van der Waals surface area (Å²) >= 11 is 11.9. The summed E-state index contributed by atoms with van der Waals surface area (Å²) in [5.41, 5.74) is 0.975. The predicted octanol–water partition coefficient (Wildman–Crippen LogP) is 2.36.